The monoisotopic (exact) mass is 479 g/mol. The lowest BCUT2D eigenvalue weighted by atomic mass is 10.0. The highest BCUT2D eigenvalue weighted by Gasteiger charge is 2.18. The first-order valence-corrected chi connectivity index (χ1v) is 11.5. The Kier molecular flexibility index (Phi) is 6.58. The molecule has 0 spiro atoms. The van der Waals surface area contributed by atoms with Crippen molar-refractivity contribution in [1.29, 1.82) is 0 Å². The van der Waals surface area contributed by atoms with Crippen molar-refractivity contribution in [2.24, 2.45) is 0 Å². The van der Waals surface area contributed by atoms with E-state index in [2.05, 4.69) is 5.32 Å². The van der Waals surface area contributed by atoms with E-state index in [1.165, 1.54) is 0 Å². The number of hydrogen-bond acceptors (Lipinski definition) is 6. The van der Waals surface area contributed by atoms with E-state index in [4.69, 9.17) is 18.6 Å². The van der Waals surface area contributed by atoms with Crippen molar-refractivity contribution in [3.63, 3.8) is 0 Å². The molecule has 0 bridgehead atoms. The van der Waals surface area contributed by atoms with Crippen LogP contribution in [0.4, 0.5) is 11.4 Å². The fraction of sp³-hybridized carbons (Fsp3) is 0.100. The smallest absolute Gasteiger partial charge is 0.346 e. The number of benzene rings is 4. The number of fused-ring (bicyclic) bond motifs is 1. The first-order chi connectivity index (χ1) is 17.6. The molecule has 6 heteroatoms. The summed E-state index contributed by atoms with van der Waals surface area (Å²) >= 11 is 0. The molecule has 0 amide bonds. The van der Waals surface area contributed by atoms with E-state index in [0.717, 1.165) is 22.4 Å². The van der Waals surface area contributed by atoms with Crippen molar-refractivity contribution in [2.75, 3.05) is 19.5 Å². The van der Waals surface area contributed by atoms with Crippen LogP contribution in [0.1, 0.15) is 5.56 Å². The maximum atomic E-state index is 13.3. The fourth-order valence-corrected chi connectivity index (χ4v) is 3.98. The lowest BCUT2D eigenvalue weighted by molar-refractivity contribution is 0.306. The largest absolute Gasteiger partial charge is 0.497 e. The number of hydrogen-bond donors (Lipinski definition) is 1. The van der Waals surface area contributed by atoms with Gasteiger partial charge in [-0.1, -0.05) is 42.5 Å². The van der Waals surface area contributed by atoms with Gasteiger partial charge in [0.25, 0.3) is 0 Å². The zero-order valence-corrected chi connectivity index (χ0v) is 20.0. The summed E-state index contributed by atoms with van der Waals surface area (Å²) in [6.45, 7) is 0.414. The average molecular weight is 480 g/mol. The van der Waals surface area contributed by atoms with Gasteiger partial charge in [0.1, 0.15) is 29.4 Å². The maximum absolute atomic E-state index is 13.3. The molecule has 0 saturated carbocycles. The van der Waals surface area contributed by atoms with Crippen LogP contribution in [0, 0.1) is 0 Å². The van der Waals surface area contributed by atoms with Crippen LogP contribution in [0.25, 0.3) is 22.1 Å². The van der Waals surface area contributed by atoms with E-state index in [1.807, 2.05) is 91.0 Å². The molecule has 0 fully saturated rings. The predicted molar refractivity (Wildman–Crippen MR) is 142 cm³/mol. The molecular weight excluding hydrogens is 454 g/mol. The van der Waals surface area contributed by atoms with Crippen LogP contribution in [0.15, 0.2) is 106 Å². The number of methoxy groups -OCH3 is 2. The number of nitrogens with one attached hydrogen (secondary N) is 1. The quantitative estimate of drug-likeness (QED) is 0.247. The van der Waals surface area contributed by atoms with Gasteiger partial charge < -0.3 is 23.9 Å². The van der Waals surface area contributed by atoms with Gasteiger partial charge in [-0.05, 0) is 59.7 Å². The van der Waals surface area contributed by atoms with E-state index in [1.54, 1.807) is 20.3 Å². The van der Waals surface area contributed by atoms with Gasteiger partial charge in [0.2, 0.25) is 0 Å². The maximum Gasteiger partial charge on any atom is 0.346 e. The summed E-state index contributed by atoms with van der Waals surface area (Å²) < 4.78 is 22.3. The van der Waals surface area contributed by atoms with Gasteiger partial charge in [-0.15, -0.1) is 0 Å². The third kappa shape index (κ3) is 4.88. The molecule has 0 aliphatic heterocycles. The Morgan fingerprint density at radius 1 is 0.750 bits per heavy atom. The minimum atomic E-state index is -0.455. The summed E-state index contributed by atoms with van der Waals surface area (Å²) in [6, 6.07) is 30.3. The van der Waals surface area contributed by atoms with Crippen molar-refractivity contribution >= 4 is 22.3 Å². The molecule has 5 rings (SSSR count). The third-order valence-corrected chi connectivity index (χ3v) is 5.87. The molecule has 6 nitrogen and oxygen atoms in total. The van der Waals surface area contributed by atoms with Crippen molar-refractivity contribution in [3.8, 4) is 28.4 Å². The van der Waals surface area contributed by atoms with Crippen molar-refractivity contribution in [1.82, 2.24) is 0 Å². The SMILES string of the molecule is COc1ccc(Nc2c(-c3ccc(OC)cc3)c(=O)oc3cc(OCc4ccccc4)ccc23)cc1. The molecule has 1 aromatic heterocycles. The second-order valence-corrected chi connectivity index (χ2v) is 8.15. The Morgan fingerprint density at radius 3 is 2.06 bits per heavy atom. The summed E-state index contributed by atoms with van der Waals surface area (Å²) in [7, 11) is 3.23. The Morgan fingerprint density at radius 2 is 1.39 bits per heavy atom. The lowest BCUT2D eigenvalue weighted by Crippen LogP contribution is -2.08. The minimum Gasteiger partial charge on any atom is -0.497 e. The van der Waals surface area contributed by atoms with E-state index >= 15 is 0 Å². The predicted octanol–water partition coefficient (Wildman–Crippen LogP) is 6.80. The second kappa shape index (κ2) is 10.3. The van der Waals surface area contributed by atoms with Gasteiger partial charge in [0, 0.05) is 17.1 Å². The third-order valence-electron chi connectivity index (χ3n) is 5.87. The highest BCUT2D eigenvalue weighted by molar-refractivity contribution is 6.00. The molecule has 0 aliphatic rings. The van der Waals surface area contributed by atoms with Gasteiger partial charge in [-0.3, -0.25) is 0 Å². The highest BCUT2D eigenvalue weighted by atomic mass is 16.5. The lowest BCUT2D eigenvalue weighted by Gasteiger charge is -2.15. The van der Waals surface area contributed by atoms with Crippen LogP contribution in [-0.4, -0.2) is 14.2 Å². The highest BCUT2D eigenvalue weighted by Crippen LogP contribution is 2.36. The zero-order valence-electron chi connectivity index (χ0n) is 20.0. The van der Waals surface area contributed by atoms with E-state index < -0.39 is 5.63 Å². The van der Waals surface area contributed by atoms with Crippen molar-refractivity contribution < 1.29 is 18.6 Å². The van der Waals surface area contributed by atoms with Crippen LogP contribution in [0.2, 0.25) is 0 Å². The van der Waals surface area contributed by atoms with Crippen LogP contribution in [0.5, 0.6) is 17.2 Å². The Hall–Kier alpha value is -4.71. The average Bonchev–Trinajstić information content (AvgIpc) is 2.93. The summed E-state index contributed by atoms with van der Waals surface area (Å²) in [6.07, 6.45) is 0. The molecule has 1 heterocycles. The van der Waals surface area contributed by atoms with Crippen molar-refractivity contribution in [2.45, 2.75) is 6.61 Å². The van der Waals surface area contributed by atoms with Crippen LogP contribution in [-0.2, 0) is 6.61 Å². The molecule has 0 unspecified atom stereocenters. The second-order valence-electron chi connectivity index (χ2n) is 8.15. The number of anilines is 2. The van der Waals surface area contributed by atoms with Gasteiger partial charge in [0.15, 0.2) is 0 Å². The first kappa shape index (κ1) is 23.1. The normalized spacial score (nSPS) is 10.7. The topological polar surface area (TPSA) is 69.9 Å². The molecule has 0 atom stereocenters. The molecule has 1 N–H and O–H groups in total. The van der Waals surface area contributed by atoms with Crippen LogP contribution in [0.3, 0.4) is 0 Å². The van der Waals surface area contributed by atoms with E-state index in [0.29, 0.717) is 40.5 Å². The van der Waals surface area contributed by atoms with Gasteiger partial charge in [0.05, 0.1) is 25.5 Å². The standard InChI is InChI=1S/C30H25NO5/c1-33-23-12-8-21(9-13-23)28-29(31-22-10-14-24(34-2)15-11-22)26-17-16-25(18-27(26)36-30(28)32)35-19-20-6-4-3-5-7-20/h3-18,31H,19H2,1-2H3. The summed E-state index contributed by atoms with van der Waals surface area (Å²) in [5.74, 6) is 2.06. The van der Waals surface area contributed by atoms with Crippen LogP contribution < -0.4 is 25.2 Å². The molecule has 0 saturated heterocycles. The van der Waals surface area contributed by atoms with Crippen LogP contribution >= 0.6 is 0 Å². The summed E-state index contributed by atoms with van der Waals surface area (Å²) in [5, 5.41) is 4.18. The summed E-state index contributed by atoms with van der Waals surface area (Å²) in [4.78, 5) is 13.3. The van der Waals surface area contributed by atoms with Gasteiger partial charge in [-0.25, -0.2) is 4.79 Å². The Bertz CT molecular complexity index is 1530. The summed E-state index contributed by atoms with van der Waals surface area (Å²) in [5.41, 5.74) is 3.62. The Balaban J connectivity index is 1.58. The molecular formula is C30H25NO5. The van der Waals surface area contributed by atoms with E-state index in [-0.39, 0.29) is 0 Å². The van der Waals surface area contributed by atoms with Crippen molar-refractivity contribution in [3.05, 3.63) is 113 Å². The molecule has 0 radical (unpaired) electrons. The fourth-order valence-electron chi connectivity index (χ4n) is 3.98. The molecule has 36 heavy (non-hydrogen) atoms. The first-order valence-electron chi connectivity index (χ1n) is 11.5. The zero-order chi connectivity index (χ0) is 24.9. The number of ether oxygens (including phenoxy) is 3. The molecule has 0 aliphatic carbocycles. The molecule has 5 aromatic rings. The van der Waals surface area contributed by atoms with Gasteiger partial charge in [-0.2, -0.15) is 0 Å². The molecule has 180 valence electrons. The number of rotatable bonds is 8. The van der Waals surface area contributed by atoms with E-state index in [9.17, 15) is 4.79 Å². The Labute approximate surface area is 208 Å². The molecule has 4 aromatic carbocycles. The minimum absolute atomic E-state index is 0.414. The van der Waals surface area contributed by atoms with Gasteiger partial charge >= 0.3 is 5.63 Å².